The zero-order valence-corrected chi connectivity index (χ0v) is 15.3. The first-order valence-electron chi connectivity index (χ1n) is 9.55. The fourth-order valence-corrected chi connectivity index (χ4v) is 3.80. The first-order valence-corrected chi connectivity index (χ1v) is 9.55. The summed E-state index contributed by atoms with van der Waals surface area (Å²) in [5.41, 5.74) is 0.422. The summed E-state index contributed by atoms with van der Waals surface area (Å²) in [5, 5.41) is 4.28. The maximum atomic E-state index is 6.28. The fourth-order valence-electron chi connectivity index (χ4n) is 3.80. The first kappa shape index (κ1) is 18.4. The molecule has 1 saturated carbocycles. The van der Waals surface area contributed by atoms with Crippen LogP contribution in [0.1, 0.15) is 78.6 Å². The van der Waals surface area contributed by atoms with Crippen molar-refractivity contribution in [2.24, 2.45) is 11.3 Å². The van der Waals surface area contributed by atoms with Crippen LogP contribution in [0.15, 0.2) is 12.7 Å². The van der Waals surface area contributed by atoms with Crippen molar-refractivity contribution >= 4 is 0 Å². The fraction of sp³-hybridized carbons (Fsp3) is 0.895. The van der Waals surface area contributed by atoms with E-state index < -0.39 is 0 Å². The summed E-state index contributed by atoms with van der Waals surface area (Å²) in [6.45, 7) is 8.88. The summed E-state index contributed by atoms with van der Waals surface area (Å²) < 4.78 is 8.25. The molecule has 0 aromatic carbocycles. The van der Waals surface area contributed by atoms with Crippen molar-refractivity contribution in [3.05, 3.63) is 12.7 Å². The van der Waals surface area contributed by atoms with Crippen molar-refractivity contribution in [2.45, 2.75) is 91.2 Å². The highest BCUT2D eigenvalue weighted by Gasteiger charge is 2.35. The summed E-state index contributed by atoms with van der Waals surface area (Å²) in [5.74, 6) is 0.556. The van der Waals surface area contributed by atoms with Gasteiger partial charge in [-0.2, -0.15) is 5.10 Å². The lowest BCUT2D eigenvalue weighted by Gasteiger charge is -2.40. The number of aromatic nitrogens is 3. The van der Waals surface area contributed by atoms with Crippen LogP contribution in [-0.4, -0.2) is 27.5 Å². The van der Waals surface area contributed by atoms with Gasteiger partial charge < -0.3 is 4.74 Å². The Morgan fingerprint density at radius 1 is 1.17 bits per heavy atom. The summed E-state index contributed by atoms with van der Waals surface area (Å²) in [6.07, 6.45) is 15.5. The van der Waals surface area contributed by atoms with Crippen molar-refractivity contribution in [1.29, 1.82) is 0 Å². The zero-order chi connectivity index (χ0) is 16.5. The van der Waals surface area contributed by atoms with Gasteiger partial charge in [-0.1, -0.05) is 52.9 Å². The van der Waals surface area contributed by atoms with E-state index in [4.69, 9.17) is 4.74 Å². The standard InChI is InChI=1S/C19H35N3O/c1-4-5-6-7-8-9-12-23-18-10-11-19(2,3)13-17(18)14-22-16-20-15-21-22/h15-18H,4-14H2,1-3H3/t17-,18-/m0/s1. The Balaban J connectivity index is 1.74. The highest BCUT2D eigenvalue weighted by atomic mass is 16.5. The lowest BCUT2D eigenvalue weighted by atomic mass is 9.71. The van der Waals surface area contributed by atoms with Gasteiger partial charge in [-0.3, -0.25) is 4.68 Å². The molecule has 0 bridgehead atoms. The van der Waals surface area contributed by atoms with Gasteiger partial charge in [0.1, 0.15) is 12.7 Å². The van der Waals surface area contributed by atoms with Gasteiger partial charge in [0.25, 0.3) is 0 Å². The minimum absolute atomic E-state index is 0.392. The van der Waals surface area contributed by atoms with Gasteiger partial charge in [0.15, 0.2) is 0 Å². The van der Waals surface area contributed by atoms with Gasteiger partial charge in [-0.25, -0.2) is 4.98 Å². The molecule has 0 aliphatic heterocycles. The van der Waals surface area contributed by atoms with E-state index >= 15 is 0 Å². The Morgan fingerprint density at radius 2 is 1.96 bits per heavy atom. The Hall–Kier alpha value is -0.900. The molecule has 2 atom stereocenters. The Kier molecular flexibility index (Phi) is 7.54. The van der Waals surface area contributed by atoms with Crippen LogP contribution in [0.2, 0.25) is 0 Å². The van der Waals surface area contributed by atoms with E-state index in [0.717, 1.165) is 13.2 Å². The van der Waals surface area contributed by atoms with Crippen molar-refractivity contribution in [2.75, 3.05) is 6.61 Å². The molecule has 0 amide bonds. The average Bonchev–Trinajstić information content (AvgIpc) is 3.01. The number of hydrogen-bond acceptors (Lipinski definition) is 3. The number of rotatable bonds is 10. The normalized spacial score (nSPS) is 24.0. The Bertz CT molecular complexity index is 416. The highest BCUT2D eigenvalue weighted by Crippen LogP contribution is 2.40. The third kappa shape index (κ3) is 6.62. The largest absolute Gasteiger partial charge is 0.378 e. The van der Waals surface area contributed by atoms with E-state index in [0.29, 0.717) is 17.4 Å². The van der Waals surface area contributed by atoms with Crippen molar-refractivity contribution in [1.82, 2.24) is 14.8 Å². The molecule has 4 heteroatoms. The Labute approximate surface area is 142 Å². The quantitative estimate of drug-likeness (QED) is 0.578. The van der Waals surface area contributed by atoms with Gasteiger partial charge in [0.2, 0.25) is 0 Å². The van der Waals surface area contributed by atoms with E-state index in [1.165, 1.54) is 57.8 Å². The van der Waals surface area contributed by atoms with Crippen molar-refractivity contribution < 1.29 is 4.74 Å². The van der Waals surface area contributed by atoms with Gasteiger partial charge in [-0.05, 0) is 31.1 Å². The van der Waals surface area contributed by atoms with Gasteiger partial charge in [0.05, 0.1) is 6.10 Å². The predicted octanol–water partition coefficient (Wildman–Crippen LogP) is 4.85. The molecule has 1 aliphatic carbocycles. The predicted molar refractivity (Wildman–Crippen MR) is 94.3 cm³/mol. The SMILES string of the molecule is CCCCCCCCO[C@H]1CCC(C)(C)C[C@H]1Cn1cncn1. The molecule has 0 spiro atoms. The summed E-state index contributed by atoms with van der Waals surface area (Å²) in [7, 11) is 0. The number of ether oxygens (including phenoxy) is 1. The molecular weight excluding hydrogens is 286 g/mol. The van der Waals surface area contributed by atoms with Crippen LogP contribution in [0, 0.1) is 11.3 Å². The Morgan fingerprint density at radius 3 is 2.70 bits per heavy atom. The second-order valence-electron chi connectivity index (χ2n) is 7.96. The minimum Gasteiger partial charge on any atom is -0.378 e. The minimum atomic E-state index is 0.392. The average molecular weight is 322 g/mol. The lowest BCUT2D eigenvalue weighted by molar-refractivity contribution is -0.0455. The third-order valence-corrected chi connectivity index (χ3v) is 5.16. The molecular formula is C19H35N3O. The van der Waals surface area contributed by atoms with Gasteiger partial charge >= 0.3 is 0 Å². The summed E-state index contributed by atoms with van der Waals surface area (Å²) in [4.78, 5) is 4.07. The number of nitrogens with zero attached hydrogens (tertiary/aromatic N) is 3. The van der Waals surface area contributed by atoms with Gasteiger partial charge in [-0.15, -0.1) is 0 Å². The van der Waals surface area contributed by atoms with Crippen LogP contribution in [0.5, 0.6) is 0 Å². The molecule has 2 rings (SSSR count). The van der Waals surface area contributed by atoms with Crippen LogP contribution >= 0.6 is 0 Å². The van der Waals surface area contributed by atoms with Crippen LogP contribution in [0.4, 0.5) is 0 Å². The zero-order valence-electron chi connectivity index (χ0n) is 15.3. The second kappa shape index (κ2) is 9.41. The molecule has 23 heavy (non-hydrogen) atoms. The molecule has 1 aliphatic rings. The van der Waals surface area contributed by atoms with Crippen molar-refractivity contribution in [3.8, 4) is 0 Å². The van der Waals surface area contributed by atoms with Crippen LogP contribution < -0.4 is 0 Å². The second-order valence-corrected chi connectivity index (χ2v) is 7.96. The van der Waals surface area contributed by atoms with Crippen LogP contribution in [-0.2, 0) is 11.3 Å². The molecule has 0 unspecified atom stereocenters. The lowest BCUT2D eigenvalue weighted by Crippen LogP contribution is -2.38. The van der Waals surface area contributed by atoms with Crippen molar-refractivity contribution in [3.63, 3.8) is 0 Å². The molecule has 1 aromatic rings. The topological polar surface area (TPSA) is 39.9 Å². The number of hydrogen-bond donors (Lipinski definition) is 0. The molecule has 1 heterocycles. The van der Waals surface area contributed by atoms with Crippen LogP contribution in [0.25, 0.3) is 0 Å². The molecule has 0 N–H and O–H groups in total. The monoisotopic (exact) mass is 321 g/mol. The maximum Gasteiger partial charge on any atom is 0.137 e. The summed E-state index contributed by atoms with van der Waals surface area (Å²) in [6, 6.07) is 0. The smallest absolute Gasteiger partial charge is 0.137 e. The maximum absolute atomic E-state index is 6.28. The molecule has 1 aromatic heterocycles. The number of unbranched alkanes of at least 4 members (excludes halogenated alkanes) is 5. The molecule has 0 radical (unpaired) electrons. The van der Waals surface area contributed by atoms with E-state index in [2.05, 4.69) is 30.9 Å². The van der Waals surface area contributed by atoms with E-state index in [1.54, 1.807) is 6.33 Å². The molecule has 4 nitrogen and oxygen atoms in total. The van der Waals surface area contributed by atoms with E-state index in [9.17, 15) is 0 Å². The molecule has 132 valence electrons. The van der Waals surface area contributed by atoms with Gasteiger partial charge in [0, 0.05) is 19.1 Å². The summed E-state index contributed by atoms with van der Waals surface area (Å²) >= 11 is 0. The third-order valence-electron chi connectivity index (χ3n) is 5.16. The highest BCUT2D eigenvalue weighted by molar-refractivity contribution is 4.86. The van der Waals surface area contributed by atoms with E-state index in [-0.39, 0.29) is 0 Å². The van der Waals surface area contributed by atoms with Crippen LogP contribution in [0.3, 0.4) is 0 Å². The molecule has 1 fully saturated rings. The van der Waals surface area contributed by atoms with E-state index in [1.807, 2.05) is 11.0 Å². The first-order chi connectivity index (χ1) is 11.1. The molecule has 0 saturated heterocycles.